The van der Waals surface area contributed by atoms with Crippen LogP contribution >= 0.6 is 0 Å². The van der Waals surface area contributed by atoms with Gasteiger partial charge in [-0.25, -0.2) is 0 Å². The van der Waals surface area contributed by atoms with Gasteiger partial charge in [0.05, 0.1) is 12.5 Å². The molecule has 23 heavy (non-hydrogen) atoms. The predicted molar refractivity (Wildman–Crippen MR) is 101 cm³/mol. The topological polar surface area (TPSA) is 18.5 Å². The van der Waals surface area contributed by atoms with Crippen LogP contribution in [0.5, 0.6) is 0 Å². The lowest BCUT2D eigenvalue weighted by Crippen LogP contribution is -2.26. The molecular formula is C20H34O2Si. The Balaban J connectivity index is 1.97. The van der Waals surface area contributed by atoms with E-state index in [4.69, 9.17) is 9.47 Å². The average Bonchev–Trinajstić information content (AvgIpc) is 2.49. The Morgan fingerprint density at radius 1 is 1.09 bits per heavy atom. The monoisotopic (exact) mass is 334 g/mol. The second kappa shape index (κ2) is 11.7. The molecule has 2 atom stereocenters. The normalized spacial score (nSPS) is 19.2. The van der Waals surface area contributed by atoms with Crippen LogP contribution in [0.25, 0.3) is 0 Å². The van der Waals surface area contributed by atoms with Gasteiger partial charge < -0.3 is 9.47 Å². The highest BCUT2D eigenvalue weighted by Gasteiger charge is 2.16. The molecule has 0 saturated carbocycles. The van der Waals surface area contributed by atoms with Gasteiger partial charge in [0.1, 0.15) is 8.07 Å². The Bertz CT molecular complexity index is 425. The lowest BCUT2D eigenvalue weighted by atomic mass is 10.1. The molecular weight excluding hydrogens is 300 g/mol. The largest absolute Gasteiger partial charge is 0.353 e. The third kappa shape index (κ3) is 12.4. The molecule has 0 N–H and O–H groups in total. The minimum Gasteiger partial charge on any atom is -0.353 e. The molecule has 0 radical (unpaired) electrons. The van der Waals surface area contributed by atoms with Crippen molar-refractivity contribution in [2.75, 3.05) is 6.61 Å². The quantitative estimate of drug-likeness (QED) is 0.364. The molecule has 1 saturated heterocycles. The third-order valence-electron chi connectivity index (χ3n) is 3.70. The minimum absolute atomic E-state index is 0.0434. The minimum atomic E-state index is -1.22. The van der Waals surface area contributed by atoms with E-state index in [0.29, 0.717) is 6.10 Å². The van der Waals surface area contributed by atoms with Crippen molar-refractivity contribution in [1.29, 1.82) is 0 Å². The zero-order valence-corrected chi connectivity index (χ0v) is 16.5. The predicted octanol–water partition coefficient (Wildman–Crippen LogP) is 5.14. The van der Waals surface area contributed by atoms with Crippen LogP contribution in [0.1, 0.15) is 64.7 Å². The van der Waals surface area contributed by atoms with Crippen molar-refractivity contribution < 1.29 is 9.47 Å². The fraction of sp³-hybridized carbons (Fsp3) is 0.800. The molecule has 130 valence electrons. The molecule has 0 amide bonds. The number of hydrogen-bond donors (Lipinski definition) is 0. The summed E-state index contributed by atoms with van der Waals surface area (Å²) in [6.45, 7) is 9.81. The Labute approximate surface area is 144 Å². The molecule has 1 fully saturated rings. The van der Waals surface area contributed by atoms with E-state index in [2.05, 4.69) is 49.9 Å². The second-order valence-corrected chi connectivity index (χ2v) is 12.2. The summed E-state index contributed by atoms with van der Waals surface area (Å²) in [6.07, 6.45) is 10.3. The van der Waals surface area contributed by atoms with Gasteiger partial charge in [0.2, 0.25) is 0 Å². The van der Waals surface area contributed by atoms with Gasteiger partial charge in [-0.2, -0.15) is 0 Å². The molecule has 1 heterocycles. The van der Waals surface area contributed by atoms with E-state index in [-0.39, 0.29) is 6.29 Å². The third-order valence-corrected chi connectivity index (χ3v) is 4.63. The van der Waals surface area contributed by atoms with Crippen LogP contribution in [0, 0.1) is 23.3 Å². The van der Waals surface area contributed by atoms with Gasteiger partial charge in [-0.05, 0) is 39.0 Å². The van der Waals surface area contributed by atoms with Gasteiger partial charge >= 0.3 is 0 Å². The maximum atomic E-state index is 5.93. The highest BCUT2D eigenvalue weighted by atomic mass is 28.3. The maximum Gasteiger partial charge on any atom is 0.157 e. The van der Waals surface area contributed by atoms with Gasteiger partial charge in [0, 0.05) is 13.0 Å². The lowest BCUT2D eigenvalue weighted by molar-refractivity contribution is -0.185. The van der Waals surface area contributed by atoms with Crippen molar-refractivity contribution in [2.45, 2.75) is 96.7 Å². The number of hydrogen-bond acceptors (Lipinski definition) is 2. The highest BCUT2D eigenvalue weighted by molar-refractivity contribution is 6.83. The smallest absolute Gasteiger partial charge is 0.157 e. The SMILES string of the molecule is CC(CCCCCC#CCC#C[Si](C)(C)C)OC1CCCCO1. The first-order valence-corrected chi connectivity index (χ1v) is 12.7. The fourth-order valence-electron chi connectivity index (χ4n) is 2.47. The first-order chi connectivity index (χ1) is 11.0. The number of rotatable bonds is 7. The molecule has 0 aliphatic carbocycles. The van der Waals surface area contributed by atoms with Gasteiger partial charge in [0.15, 0.2) is 6.29 Å². The molecule has 1 aliphatic rings. The summed E-state index contributed by atoms with van der Waals surface area (Å²) in [4.78, 5) is 0. The Morgan fingerprint density at radius 3 is 2.61 bits per heavy atom. The van der Waals surface area contributed by atoms with Crippen molar-refractivity contribution in [2.24, 2.45) is 0 Å². The van der Waals surface area contributed by atoms with Gasteiger partial charge in [-0.3, -0.25) is 0 Å². The molecule has 3 heteroatoms. The summed E-state index contributed by atoms with van der Waals surface area (Å²) in [6, 6.07) is 0. The van der Waals surface area contributed by atoms with E-state index in [0.717, 1.165) is 32.3 Å². The molecule has 0 bridgehead atoms. The number of unbranched alkanes of at least 4 members (excludes halogenated alkanes) is 3. The van der Waals surface area contributed by atoms with Crippen molar-refractivity contribution >= 4 is 8.07 Å². The first kappa shape index (κ1) is 20.3. The summed E-state index contributed by atoms with van der Waals surface area (Å²) in [5.41, 5.74) is 3.34. The summed E-state index contributed by atoms with van der Waals surface area (Å²) in [5.74, 6) is 9.60. The van der Waals surface area contributed by atoms with Crippen LogP contribution in [0.15, 0.2) is 0 Å². The summed E-state index contributed by atoms with van der Waals surface area (Å²) in [5, 5.41) is 0. The van der Waals surface area contributed by atoms with E-state index >= 15 is 0 Å². The van der Waals surface area contributed by atoms with Crippen LogP contribution < -0.4 is 0 Å². The molecule has 0 spiro atoms. The van der Waals surface area contributed by atoms with Crippen molar-refractivity contribution in [3.63, 3.8) is 0 Å². The highest BCUT2D eigenvalue weighted by Crippen LogP contribution is 2.17. The van der Waals surface area contributed by atoms with Crippen molar-refractivity contribution in [1.82, 2.24) is 0 Å². The molecule has 1 rings (SSSR count). The van der Waals surface area contributed by atoms with Crippen molar-refractivity contribution in [3.05, 3.63) is 0 Å². The summed E-state index contributed by atoms with van der Waals surface area (Å²) in [7, 11) is -1.22. The van der Waals surface area contributed by atoms with Gasteiger partial charge in [-0.15, -0.1) is 11.5 Å². The van der Waals surface area contributed by atoms with E-state index in [9.17, 15) is 0 Å². The van der Waals surface area contributed by atoms with E-state index in [1.807, 2.05) is 0 Å². The fourth-order valence-corrected chi connectivity index (χ4v) is 3.09. The van der Waals surface area contributed by atoms with E-state index < -0.39 is 8.07 Å². The first-order valence-electron chi connectivity index (χ1n) is 9.20. The number of ether oxygens (including phenoxy) is 2. The average molecular weight is 335 g/mol. The Hall–Kier alpha value is -0.743. The standard InChI is InChI=1S/C20H34O2Si/c1-19(22-20-16-12-13-17-21-20)15-11-9-7-5-6-8-10-14-18-23(2,3)4/h19-20H,5,7,9-13,15-17H2,1-4H3. The molecule has 0 aromatic heterocycles. The lowest BCUT2D eigenvalue weighted by Gasteiger charge is -2.26. The second-order valence-electron chi connectivity index (χ2n) is 7.42. The van der Waals surface area contributed by atoms with Crippen LogP contribution in [-0.4, -0.2) is 27.1 Å². The molecule has 2 unspecified atom stereocenters. The molecule has 1 aliphatic heterocycles. The Kier molecular flexibility index (Phi) is 10.4. The van der Waals surface area contributed by atoms with Crippen LogP contribution in [0.4, 0.5) is 0 Å². The zero-order valence-electron chi connectivity index (χ0n) is 15.5. The summed E-state index contributed by atoms with van der Waals surface area (Å²) >= 11 is 0. The van der Waals surface area contributed by atoms with E-state index in [1.54, 1.807) is 0 Å². The Morgan fingerprint density at radius 2 is 1.91 bits per heavy atom. The van der Waals surface area contributed by atoms with Crippen LogP contribution in [0.3, 0.4) is 0 Å². The van der Waals surface area contributed by atoms with Crippen LogP contribution in [0.2, 0.25) is 19.6 Å². The molecule has 2 nitrogen and oxygen atoms in total. The van der Waals surface area contributed by atoms with Crippen molar-refractivity contribution in [3.8, 4) is 23.3 Å². The molecule has 0 aromatic rings. The zero-order chi connectivity index (χ0) is 17.0. The maximum absolute atomic E-state index is 5.93. The summed E-state index contributed by atoms with van der Waals surface area (Å²) < 4.78 is 11.5. The van der Waals surface area contributed by atoms with Crippen LogP contribution in [-0.2, 0) is 9.47 Å². The van der Waals surface area contributed by atoms with Gasteiger partial charge in [-0.1, -0.05) is 44.3 Å². The van der Waals surface area contributed by atoms with E-state index in [1.165, 1.54) is 32.1 Å². The molecule has 0 aromatic carbocycles. The van der Waals surface area contributed by atoms with Gasteiger partial charge in [0.25, 0.3) is 0 Å².